The Kier molecular flexibility index (Phi) is 5.03. The Hall–Kier alpha value is -3.77. The van der Waals surface area contributed by atoms with Gasteiger partial charge in [-0.25, -0.2) is 14.8 Å². The number of hydrogen-bond acceptors (Lipinski definition) is 2. The molecule has 0 radical (unpaired) electrons. The first-order valence-electron chi connectivity index (χ1n) is 13.2. The predicted molar refractivity (Wildman–Crippen MR) is 144 cm³/mol. The smallest absolute Gasteiger partial charge is 0.196 e. The van der Waals surface area contributed by atoms with Crippen LogP contribution in [-0.4, -0.2) is 9.97 Å². The Labute approximate surface area is 213 Å². The number of hydrogen-bond donors (Lipinski definition) is 0. The molecule has 0 spiro atoms. The third-order valence-corrected chi connectivity index (χ3v) is 8.87. The molecule has 0 N–H and O–H groups in total. The first-order valence-corrected chi connectivity index (χ1v) is 13.2. The summed E-state index contributed by atoms with van der Waals surface area (Å²) in [6.45, 7) is 8.08. The van der Waals surface area contributed by atoms with E-state index in [0.717, 1.165) is 45.8 Å². The number of benzene rings is 3. The Morgan fingerprint density at radius 2 is 1.25 bits per heavy atom. The van der Waals surface area contributed by atoms with Gasteiger partial charge in [-0.05, 0) is 67.8 Å². The highest BCUT2D eigenvalue weighted by atomic mass is 14.9. The normalized spacial score (nSPS) is 26.0. The average Bonchev–Trinajstić information content (AvgIpc) is 2.93. The van der Waals surface area contributed by atoms with Crippen LogP contribution in [-0.2, 0) is 5.41 Å². The van der Waals surface area contributed by atoms with Gasteiger partial charge in [-0.1, -0.05) is 84.4 Å². The second-order valence-electron chi connectivity index (χ2n) is 11.2. The molecule has 4 bridgehead atoms. The van der Waals surface area contributed by atoms with Crippen LogP contribution in [0, 0.1) is 24.3 Å². The molecular weight excluding hydrogens is 438 g/mol. The van der Waals surface area contributed by atoms with Crippen LogP contribution in [0.4, 0.5) is 5.69 Å². The fraction of sp³-hybridized carbons (Fsp3) is 0.303. The lowest BCUT2D eigenvalue weighted by molar-refractivity contribution is -0.00515. The van der Waals surface area contributed by atoms with Crippen LogP contribution < -0.4 is 0 Å². The monoisotopic (exact) mass is 467 g/mol. The standard InChI is InChI=1S/C33H29N3/c1-34-30-17-27(33-19-22-14-23(20-33)16-24(15-22)21-33)12-13-28(30)31-18-29(25-8-4-2-5-9-25)35-32(36-31)26-10-6-3-7-11-26/h2-13,17-18,22-24H,14-16,19-21H2. The van der Waals surface area contributed by atoms with E-state index in [0.29, 0.717) is 11.5 Å². The maximum Gasteiger partial charge on any atom is 0.196 e. The lowest BCUT2D eigenvalue weighted by Crippen LogP contribution is -2.48. The van der Waals surface area contributed by atoms with Gasteiger partial charge in [0, 0.05) is 16.7 Å². The third-order valence-electron chi connectivity index (χ3n) is 8.87. The van der Waals surface area contributed by atoms with Crippen molar-refractivity contribution in [2.75, 3.05) is 0 Å². The zero-order valence-electron chi connectivity index (χ0n) is 20.4. The number of rotatable bonds is 4. The zero-order valence-corrected chi connectivity index (χ0v) is 20.4. The topological polar surface area (TPSA) is 30.1 Å². The molecule has 8 rings (SSSR count). The van der Waals surface area contributed by atoms with Crippen molar-refractivity contribution in [3.8, 4) is 33.9 Å². The van der Waals surface area contributed by atoms with Crippen LogP contribution in [0.15, 0.2) is 84.9 Å². The summed E-state index contributed by atoms with van der Waals surface area (Å²) in [5.74, 6) is 3.34. The predicted octanol–water partition coefficient (Wildman–Crippen LogP) is 8.50. The molecule has 4 aliphatic rings. The molecule has 4 aromatic rings. The van der Waals surface area contributed by atoms with E-state index >= 15 is 0 Å². The van der Waals surface area contributed by atoms with Gasteiger partial charge in [0.25, 0.3) is 0 Å². The molecule has 4 aliphatic carbocycles. The van der Waals surface area contributed by atoms with Gasteiger partial charge in [-0.2, -0.15) is 0 Å². The highest BCUT2D eigenvalue weighted by molar-refractivity contribution is 5.80. The molecule has 0 unspecified atom stereocenters. The molecule has 0 atom stereocenters. The number of nitrogens with zero attached hydrogens (tertiary/aromatic N) is 3. The molecule has 1 heterocycles. The fourth-order valence-electron chi connectivity index (χ4n) is 7.69. The van der Waals surface area contributed by atoms with Crippen molar-refractivity contribution in [3.63, 3.8) is 0 Å². The van der Waals surface area contributed by atoms with E-state index in [-0.39, 0.29) is 5.41 Å². The molecule has 0 amide bonds. The third kappa shape index (κ3) is 3.64. The van der Waals surface area contributed by atoms with Gasteiger partial charge in [0.1, 0.15) is 0 Å². The van der Waals surface area contributed by atoms with Crippen LogP contribution in [0.25, 0.3) is 38.7 Å². The van der Waals surface area contributed by atoms with Gasteiger partial charge in [0.05, 0.1) is 18.0 Å². The molecular formula is C33H29N3. The van der Waals surface area contributed by atoms with Crippen LogP contribution in [0.2, 0.25) is 0 Å². The van der Waals surface area contributed by atoms with E-state index in [2.05, 4.69) is 35.2 Å². The molecule has 4 fully saturated rings. The Morgan fingerprint density at radius 1 is 0.667 bits per heavy atom. The van der Waals surface area contributed by atoms with E-state index in [1.807, 2.05) is 54.6 Å². The highest BCUT2D eigenvalue weighted by Gasteiger charge is 2.51. The van der Waals surface area contributed by atoms with Gasteiger partial charge < -0.3 is 0 Å². The van der Waals surface area contributed by atoms with Crippen molar-refractivity contribution in [2.24, 2.45) is 17.8 Å². The summed E-state index contributed by atoms with van der Waals surface area (Å²) in [4.78, 5) is 13.9. The number of aromatic nitrogens is 2. The molecule has 1 aromatic heterocycles. The minimum atomic E-state index is 0.281. The minimum absolute atomic E-state index is 0.281. The molecule has 36 heavy (non-hydrogen) atoms. The van der Waals surface area contributed by atoms with E-state index in [4.69, 9.17) is 16.5 Å². The van der Waals surface area contributed by atoms with E-state index in [1.165, 1.54) is 44.1 Å². The summed E-state index contributed by atoms with van der Waals surface area (Å²) in [5, 5.41) is 0. The lowest BCUT2D eigenvalue weighted by Gasteiger charge is -2.57. The van der Waals surface area contributed by atoms with Crippen LogP contribution in [0.5, 0.6) is 0 Å². The van der Waals surface area contributed by atoms with Gasteiger partial charge in [0.15, 0.2) is 11.5 Å². The quantitative estimate of drug-likeness (QED) is 0.282. The molecule has 3 aromatic carbocycles. The van der Waals surface area contributed by atoms with Gasteiger partial charge in [-0.15, -0.1) is 0 Å². The summed E-state index contributed by atoms with van der Waals surface area (Å²) < 4.78 is 0. The van der Waals surface area contributed by atoms with Crippen LogP contribution in [0.3, 0.4) is 0 Å². The molecule has 0 saturated heterocycles. The second kappa shape index (κ2) is 8.42. The van der Waals surface area contributed by atoms with Crippen molar-refractivity contribution >= 4 is 5.69 Å². The first-order chi connectivity index (χ1) is 17.7. The Balaban J connectivity index is 1.34. The van der Waals surface area contributed by atoms with Crippen molar-refractivity contribution in [1.82, 2.24) is 9.97 Å². The van der Waals surface area contributed by atoms with E-state index in [9.17, 15) is 0 Å². The maximum absolute atomic E-state index is 8.08. The second-order valence-corrected chi connectivity index (χ2v) is 11.2. The Morgan fingerprint density at radius 3 is 1.86 bits per heavy atom. The van der Waals surface area contributed by atoms with Gasteiger partial charge >= 0.3 is 0 Å². The lowest BCUT2D eigenvalue weighted by atomic mass is 9.48. The fourth-order valence-corrected chi connectivity index (χ4v) is 7.69. The summed E-state index contributed by atoms with van der Waals surface area (Å²) >= 11 is 0. The summed E-state index contributed by atoms with van der Waals surface area (Å²) in [5.41, 5.74) is 6.99. The van der Waals surface area contributed by atoms with Crippen molar-refractivity contribution in [2.45, 2.75) is 43.9 Å². The SMILES string of the molecule is [C-]#[N+]c1cc(C23CC4CC(CC(C4)C2)C3)ccc1-c1cc(-c2ccccc2)nc(-c2ccccc2)n1. The summed E-state index contributed by atoms with van der Waals surface area (Å²) in [6.07, 6.45) is 8.20. The average molecular weight is 468 g/mol. The van der Waals surface area contributed by atoms with Crippen molar-refractivity contribution in [3.05, 3.63) is 102 Å². The first kappa shape index (κ1) is 21.5. The minimum Gasteiger partial charge on any atom is -0.237 e. The maximum atomic E-state index is 8.08. The summed E-state index contributed by atoms with van der Waals surface area (Å²) in [7, 11) is 0. The molecule has 176 valence electrons. The van der Waals surface area contributed by atoms with E-state index < -0.39 is 0 Å². The van der Waals surface area contributed by atoms with E-state index in [1.54, 1.807) is 0 Å². The Bertz CT molecular complexity index is 1370. The van der Waals surface area contributed by atoms with Crippen molar-refractivity contribution < 1.29 is 0 Å². The van der Waals surface area contributed by atoms with Crippen LogP contribution >= 0.6 is 0 Å². The molecule has 3 heteroatoms. The molecule has 4 saturated carbocycles. The van der Waals surface area contributed by atoms with Crippen molar-refractivity contribution in [1.29, 1.82) is 0 Å². The highest BCUT2D eigenvalue weighted by Crippen LogP contribution is 2.61. The van der Waals surface area contributed by atoms with Gasteiger partial charge in [0.2, 0.25) is 0 Å². The molecule has 3 nitrogen and oxygen atoms in total. The molecule has 0 aliphatic heterocycles. The summed E-state index contributed by atoms with van der Waals surface area (Å²) in [6, 6.07) is 29.1. The van der Waals surface area contributed by atoms with Crippen LogP contribution in [0.1, 0.15) is 44.1 Å². The van der Waals surface area contributed by atoms with Gasteiger partial charge in [-0.3, -0.25) is 0 Å². The zero-order chi connectivity index (χ0) is 24.1. The largest absolute Gasteiger partial charge is 0.237 e.